The van der Waals surface area contributed by atoms with Crippen LogP contribution in [0.4, 0.5) is 0 Å². The van der Waals surface area contributed by atoms with Crippen molar-refractivity contribution in [1.82, 2.24) is 0 Å². The highest BCUT2D eigenvalue weighted by molar-refractivity contribution is 5.66. The lowest BCUT2D eigenvalue weighted by molar-refractivity contribution is -0.330. The molecule has 0 radical (unpaired) electrons. The van der Waals surface area contributed by atoms with E-state index in [2.05, 4.69) is 0 Å². The van der Waals surface area contributed by atoms with Crippen LogP contribution in [0.25, 0.3) is 0 Å². The average molecular weight is 869 g/mol. The third kappa shape index (κ3) is 10.1. The predicted octanol–water partition coefficient (Wildman–Crippen LogP) is 3.82. The quantitative estimate of drug-likeness (QED) is 0.195. The van der Waals surface area contributed by atoms with Crippen LogP contribution in [0.2, 0.25) is 0 Å². The van der Waals surface area contributed by atoms with E-state index < -0.39 is 127 Å². The van der Waals surface area contributed by atoms with E-state index >= 15 is 0 Å². The number of hydrogen-bond donors (Lipinski definition) is 0. The second kappa shape index (κ2) is 17.1. The highest BCUT2D eigenvalue weighted by Crippen LogP contribution is 2.46. The van der Waals surface area contributed by atoms with Crippen LogP contribution in [0.15, 0.2) is 30.3 Å². The number of ether oxygens (including phenoxy) is 17. The molecule has 0 unspecified atom stereocenters. The maximum atomic E-state index is 12.6. The van der Waals surface area contributed by atoms with E-state index in [-0.39, 0.29) is 26.4 Å². The second-order valence-electron chi connectivity index (χ2n) is 18.8. The number of methoxy groups -OCH3 is 1. The van der Waals surface area contributed by atoms with Crippen LogP contribution in [0, 0.1) is 0 Å². The minimum absolute atomic E-state index is 0.00858. The third-order valence-corrected chi connectivity index (χ3v) is 11.6. The number of fused-ring (bicyclic) bond motifs is 5. The summed E-state index contributed by atoms with van der Waals surface area (Å²) in [6.45, 7) is 19.7. The zero-order valence-electron chi connectivity index (χ0n) is 37.2. The Morgan fingerprint density at radius 3 is 1.61 bits per heavy atom. The number of carbonyl (C=O) groups is 1. The van der Waals surface area contributed by atoms with E-state index in [9.17, 15) is 4.79 Å². The summed E-state index contributed by atoms with van der Waals surface area (Å²) in [5.41, 5.74) is 0.948. The van der Waals surface area contributed by atoms with Gasteiger partial charge in [-0.25, -0.2) is 0 Å². The van der Waals surface area contributed by atoms with Gasteiger partial charge in [0, 0.05) is 14.0 Å². The average Bonchev–Trinajstić information content (AvgIpc) is 3.89. The van der Waals surface area contributed by atoms with Crippen molar-refractivity contribution in [3.05, 3.63) is 35.9 Å². The molecule has 0 bridgehead atoms. The number of benzene rings is 1. The summed E-state index contributed by atoms with van der Waals surface area (Å²) in [6, 6.07) is 9.79. The van der Waals surface area contributed by atoms with Gasteiger partial charge in [0.05, 0.1) is 26.4 Å². The summed E-state index contributed by atoms with van der Waals surface area (Å²) < 4.78 is 108. The van der Waals surface area contributed by atoms with Crippen molar-refractivity contribution in [2.24, 2.45) is 0 Å². The molecule has 7 fully saturated rings. The lowest BCUT2D eigenvalue weighted by atomic mass is 9.97. The van der Waals surface area contributed by atoms with Crippen LogP contribution in [0.3, 0.4) is 0 Å². The Bertz CT molecular complexity index is 1670. The molecule has 8 rings (SSSR count). The van der Waals surface area contributed by atoms with Crippen molar-refractivity contribution in [2.75, 3.05) is 26.9 Å². The lowest BCUT2D eigenvalue weighted by Crippen LogP contribution is -2.62. The number of carbonyl (C=O) groups excluding carboxylic acids is 1. The van der Waals surface area contributed by atoms with Crippen molar-refractivity contribution in [1.29, 1.82) is 0 Å². The first-order chi connectivity index (χ1) is 28.6. The van der Waals surface area contributed by atoms with Gasteiger partial charge in [-0.2, -0.15) is 0 Å². The van der Waals surface area contributed by atoms with Crippen LogP contribution < -0.4 is 0 Å². The summed E-state index contributed by atoms with van der Waals surface area (Å²) in [5.74, 6) is -5.29. The van der Waals surface area contributed by atoms with Gasteiger partial charge in [0.2, 0.25) is 0 Å². The van der Waals surface area contributed by atoms with Gasteiger partial charge in [0.1, 0.15) is 67.1 Å². The first kappa shape index (κ1) is 45.6. The standard InChI is InChI=1S/C43H64O18/c1-22(44)50-34-31-29(56-41(6,7)58-31)26(21-49-39(2,3)45-12)52-37(34)48-19-24-27-30(57-40(4,5)54-27)33(46-18-23-16-14-13-15-17-23)36(51-24)47-20-25-28-32(59-42(8,9)55-28)35-38(53-25)61-43(10,11)60-35/h13-17,24-38H,18-21H2,1-12H3/t24-,25-,26-,27+,28+,29+,30+,31+,32+,33-,34-,35-,36-,37-,38-/m1/s1. The first-order valence-electron chi connectivity index (χ1n) is 21.2. The van der Waals surface area contributed by atoms with Crippen LogP contribution >= 0.6 is 0 Å². The fourth-order valence-electron chi connectivity index (χ4n) is 9.02. The zero-order chi connectivity index (χ0) is 43.7. The van der Waals surface area contributed by atoms with Gasteiger partial charge in [-0.15, -0.1) is 0 Å². The molecule has 7 aliphatic rings. The van der Waals surface area contributed by atoms with E-state index in [1.807, 2.05) is 71.9 Å². The van der Waals surface area contributed by atoms with E-state index in [1.165, 1.54) is 6.92 Å². The van der Waals surface area contributed by atoms with E-state index in [0.717, 1.165) is 5.56 Å². The maximum absolute atomic E-state index is 12.6. The number of hydrogen-bond acceptors (Lipinski definition) is 18. The van der Waals surface area contributed by atoms with Crippen molar-refractivity contribution in [3.8, 4) is 0 Å². The molecule has 1 aromatic carbocycles. The van der Waals surface area contributed by atoms with Gasteiger partial charge in [0.15, 0.2) is 53.9 Å². The minimum Gasteiger partial charge on any atom is -0.454 e. The maximum Gasteiger partial charge on any atom is 0.303 e. The van der Waals surface area contributed by atoms with Crippen molar-refractivity contribution in [3.63, 3.8) is 0 Å². The molecule has 0 amide bonds. The molecule has 18 nitrogen and oxygen atoms in total. The molecule has 7 heterocycles. The van der Waals surface area contributed by atoms with Crippen molar-refractivity contribution >= 4 is 5.97 Å². The summed E-state index contributed by atoms with van der Waals surface area (Å²) >= 11 is 0. The fourth-order valence-corrected chi connectivity index (χ4v) is 9.02. The Labute approximate surface area is 357 Å². The zero-order valence-corrected chi connectivity index (χ0v) is 37.2. The van der Waals surface area contributed by atoms with Gasteiger partial charge in [0.25, 0.3) is 0 Å². The molecule has 7 saturated heterocycles. The molecule has 0 aromatic heterocycles. The lowest BCUT2D eigenvalue weighted by Gasteiger charge is -2.44. The Morgan fingerprint density at radius 2 is 1.03 bits per heavy atom. The van der Waals surface area contributed by atoms with Gasteiger partial charge in [-0.05, 0) is 74.8 Å². The molecule has 15 atom stereocenters. The minimum atomic E-state index is -1.13. The van der Waals surface area contributed by atoms with Gasteiger partial charge < -0.3 is 80.5 Å². The predicted molar refractivity (Wildman–Crippen MR) is 207 cm³/mol. The SMILES string of the molecule is COC(C)(C)OC[C@H]1O[C@@H](OC[C@H]2O[C@@H](OC[C@H]3O[C@@H]4OC(C)(C)O[C@@H]4[C@H]4OC(C)(C)O[C@H]43)[C@H](OCc3ccccc3)[C@H]3OC(C)(C)O[C@H]32)[C@H](OC(C)=O)[C@H]2OC(C)(C)O[C@H]21. The van der Waals surface area contributed by atoms with Crippen molar-refractivity contribution < 1.29 is 85.3 Å². The van der Waals surface area contributed by atoms with Crippen molar-refractivity contribution in [2.45, 2.75) is 204 Å². The molecule has 1 aromatic rings. The van der Waals surface area contributed by atoms with Crippen LogP contribution in [0.1, 0.15) is 81.7 Å². The third-order valence-electron chi connectivity index (χ3n) is 11.6. The van der Waals surface area contributed by atoms with Gasteiger partial charge >= 0.3 is 5.97 Å². The Kier molecular flexibility index (Phi) is 12.8. The summed E-state index contributed by atoms with van der Waals surface area (Å²) in [6.07, 6.45) is -11.0. The second-order valence-corrected chi connectivity index (χ2v) is 18.8. The van der Waals surface area contributed by atoms with Gasteiger partial charge in [-0.3, -0.25) is 4.79 Å². The van der Waals surface area contributed by atoms with E-state index in [0.29, 0.717) is 0 Å². The molecule has 61 heavy (non-hydrogen) atoms. The van der Waals surface area contributed by atoms with Crippen LogP contribution in [-0.2, 0) is 91.9 Å². The highest BCUT2D eigenvalue weighted by Gasteiger charge is 2.63. The molecule has 0 spiro atoms. The van der Waals surface area contributed by atoms with E-state index in [1.54, 1.807) is 34.8 Å². The molecular formula is C43H64O18. The summed E-state index contributed by atoms with van der Waals surface area (Å²) in [5, 5.41) is 0. The Balaban J connectivity index is 1.04. The molecule has 0 saturated carbocycles. The molecule has 7 aliphatic heterocycles. The summed E-state index contributed by atoms with van der Waals surface area (Å²) in [7, 11) is 1.55. The first-order valence-corrected chi connectivity index (χ1v) is 21.2. The monoisotopic (exact) mass is 868 g/mol. The normalized spacial score (nSPS) is 41.7. The Hall–Kier alpha value is -1.95. The molecule has 344 valence electrons. The summed E-state index contributed by atoms with van der Waals surface area (Å²) in [4.78, 5) is 12.6. The molecular weight excluding hydrogens is 804 g/mol. The number of rotatable bonds is 14. The van der Waals surface area contributed by atoms with Crippen LogP contribution in [-0.4, -0.2) is 154 Å². The van der Waals surface area contributed by atoms with Gasteiger partial charge in [-0.1, -0.05) is 30.3 Å². The fraction of sp³-hybridized carbons (Fsp3) is 0.837. The largest absolute Gasteiger partial charge is 0.454 e. The molecule has 18 heteroatoms. The number of esters is 1. The van der Waals surface area contributed by atoms with E-state index in [4.69, 9.17) is 80.5 Å². The highest BCUT2D eigenvalue weighted by atomic mass is 16.9. The Morgan fingerprint density at radius 1 is 0.574 bits per heavy atom. The smallest absolute Gasteiger partial charge is 0.303 e. The van der Waals surface area contributed by atoms with Crippen LogP contribution in [0.5, 0.6) is 0 Å². The molecule has 0 aliphatic carbocycles. The molecule has 0 N–H and O–H groups in total. The topological polar surface area (TPSA) is 174 Å².